The van der Waals surface area contributed by atoms with E-state index < -0.39 is 0 Å². The average molecular weight is 211 g/mol. The Balaban J connectivity index is 2.73. The van der Waals surface area contributed by atoms with E-state index in [0.717, 1.165) is 11.5 Å². The molecule has 0 spiro atoms. The van der Waals surface area contributed by atoms with Crippen LogP contribution in [-0.4, -0.2) is 25.7 Å². The minimum Gasteiger partial charge on any atom is -0.497 e. The maximum atomic E-state index is 5.72. The van der Waals surface area contributed by atoms with E-state index in [2.05, 4.69) is 18.4 Å². The molecule has 0 aliphatic carbocycles. The SMILES string of the molecule is COc1ccc(C(CN)CSC)cc1. The van der Waals surface area contributed by atoms with Crippen molar-refractivity contribution in [1.82, 2.24) is 0 Å². The van der Waals surface area contributed by atoms with Gasteiger partial charge in [0.15, 0.2) is 0 Å². The molecule has 1 unspecified atom stereocenters. The Kier molecular flexibility index (Phi) is 4.84. The van der Waals surface area contributed by atoms with Crippen LogP contribution in [0, 0.1) is 0 Å². The largest absolute Gasteiger partial charge is 0.497 e. The number of hydrogen-bond acceptors (Lipinski definition) is 3. The summed E-state index contributed by atoms with van der Waals surface area (Å²) in [5.74, 6) is 2.42. The monoisotopic (exact) mass is 211 g/mol. The second-order valence-electron chi connectivity index (χ2n) is 3.16. The van der Waals surface area contributed by atoms with Crippen molar-refractivity contribution in [1.29, 1.82) is 0 Å². The summed E-state index contributed by atoms with van der Waals surface area (Å²) in [6, 6.07) is 8.15. The Morgan fingerprint density at radius 3 is 2.43 bits per heavy atom. The number of ether oxygens (including phenoxy) is 1. The van der Waals surface area contributed by atoms with Gasteiger partial charge in [-0.15, -0.1) is 0 Å². The topological polar surface area (TPSA) is 35.2 Å². The number of nitrogens with two attached hydrogens (primary N) is 1. The van der Waals surface area contributed by atoms with E-state index in [1.54, 1.807) is 7.11 Å². The van der Waals surface area contributed by atoms with Crippen molar-refractivity contribution in [3.05, 3.63) is 29.8 Å². The van der Waals surface area contributed by atoms with Crippen molar-refractivity contribution in [3.8, 4) is 5.75 Å². The molecule has 0 heterocycles. The van der Waals surface area contributed by atoms with E-state index in [9.17, 15) is 0 Å². The zero-order valence-electron chi connectivity index (χ0n) is 8.69. The summed E-state index contributed by atoms with van der Waals surface area (Å²) in [6.07, 6.45) is 2.10. The molecular weight excluding hydrogens is 194 g/mol. The van der Waals surface area contributed by atoms with Crippen molar-refractivity contribution in [2.24, 2.45) is 5.73 Å². The molecule has 1 atom stereocenters. The molecule has 2 nitrogen and oxygen atoms in total. The van der Waals surface area contributed by atoms with Gasteiger partial charge in [0.1, 0.15) is 5.75 Å². The van der Waals surface area contributed by atoms with Crippen LogP contribution in [0.3, 0.4) is 0 Å². The lowest BCUT2D eigenvalue weighted by Gasteiger charge is -2.13. The Hall–Kier alpha value is -0.670. The summed E-state index contributed by atoms with van der Waals surface area (Å²) in [6.45, 7) is 0.702. The van der Waals surface area contributed by atoms with Crippen LogP contribution in [0.2, 0.25) is 0 Å². The molecule has 0 bridgehead atoms. The smallest absolute Gasteiger partial charge is 0.118 e. The van der Waals surface area contributed by atoms with Crippen LogP contribution in [0.4, 0.5) is 0 Å². The summed E-state index contributed by atoms with van der Waals surface area (Å²) in [5.41, 5.74) is 7.01. The van der Waals surface area contributed by atoms with Gasteiger partial charge >= 0.3 is 0 Å². The van der Waals surface area contributed by atoms with Crippen molar-refractivity contribution < 1.29 is 4.74 Å². The molecule has 14 heavy (non-hydrogen) atoms. The third kappa shape index (κ3) is 2.93. The summed E-state index contributed by atoms with van der Waals surface area (Å²) in [4.78, 5) is 0. The quantitative estimate of drug-likeness (QED) is 0.810. The first-order chi connectivity index (χ1) is 6.81. The lowest BCUT2D eigenvalue weighted by Crippen LogP contribution is -2.14. The van der Waals surface area contributed by atoms with E-state index >= 15 is 0 Å². The van der Waals surface area contributed by atoms with Gasteiger partial charge in [-0.2, -0.15) is 11.8 Å². The zero-order chi connectivity index (χ0) is 10.4. The molecule has 1 aromatic carbocycles. The molecule has 0 saturated heterocycles. The molecule has 0 saturated carbocycles. The molecule has 0 aliphatic rings. The minimum absolute atomic E-state index is 0.455. The van der Waals surface area contributed by atoms with Gasteiger partial charge in [0.25, 0.3) is 0 Å². The molecule has 2 N–H and O–H groups in total. The van der Waals surface area contributed by atoms with Crippen LogP contribution in [0.1, 0.15) is 11.5 Å². The Morgan fingerprint density at radius 2 is 2.00 bits per heavy atom. The molecule has 1 aromatic rings. The van der Waals surface area contributed by atoms with Crippen LogP contribution in [0.5, 0.6) is 5.75 Å². The normalized spacial score (nSPS) is 12.5. The molecule has 0 fully saturated rings. The fourth-order valence-corrected chi connectivity index (χ4v) is 2.11. The maximum Gasteiger partial charge on any atom is 0.118 e. The highest BCUT2D eigenvalue weighted by Gasteiger charge is 2.08. The molecule has 0 amide bonds. The molecule has 3 heteroatoms. The first-order valence-corrected chi connectivity index (χ1v) is 6.04. The third-order valence-electron chi connectivity index (χ3n) is 2.24. The van der Waals surface area contributed by atoms with E-state index in [-0.39, 0.29) is 0 Å². The van der Waals surface area contributed by atoms with E-state index in [1.807, 2.05) is 23.9 Å². The second-order valence-corrected chi connectivity index (χ2v) is 4.07. The lowest BCUT2D eigenvalue weighted by atomic mass is 10.0. The van der Waals surface area contributed by atoms with Gasteiger partial charge in [-0.1, -0.05) is 12.1 Å². The van der Waals surface area contributed by atoms with Gasteiger partial charge in [0.2, 0.25) is 0 Å². The highest BCUT2D eigenvalue weighted by molar-refractivity contribution is 7.98. The van der Waals surface area contributed by atoms with Gasteiger partial charge in [-0.3, -0.25) is 0 Å². The molecule has 0 aliphatic heterocycles. The van der Waals surface area contributed by atoms with Gasteiger partial charge < -0.3 is 10.5 Å². The maximum absolute atomic E-state index is 5.72. The van der Waals surface area contributed by atoms with Gasteiger partial charge in [0, 0.05) is 11.7 Å². The zero-order valence-corrected chi connectivity index (χ0v) is 9.51. The van der Waals surface area contributed by atoms with Gasteiger partial charge in [-0.05, 0) is 30.5 Å². The summed E-state index contributed by atoms with van der Waals surface area (Å²) in [5, 5.41) is 0. The van der Waals surface area contributed by atoms with Crippen molar-refractivity contribution >= 4 is 11.8 Å². The summed E-state index contributed by atoms with van der Waals surface area (Å²) < 4.78 is 5.11. The number of hydrogen-bond donors (Lipinski definition) is 1. The Labute approximate surface area is 89.8 Å². The summed E-state index contributed by atoms with van der Waals surface area (Å²) in [7, 11) is 1.68. The van der Waals surface area contributed by atoms with Crippen molar-refractivity contribution in [3.63, 3.8) is 0 Å². The molecule has 0 radical (unpaired) electrons. The van der Waals surface area contributed by atoms with Crippen molar-refractivity contribution in [2.45, 2.75) is 5.92 Å². The number of rotatable bonds is 5. The van der Waals surface area contributed by atoms with Gasteiger partial charge in [0.05, 0.1) is 7.11 Å². The standard InChI is InChI=1S/C11H17NOS/c1-13-11-5-3-9(4-6-11)10(7-12)8-14-2/h3-6,10H,7-8,12H2,1-2H3. The first-order valence-electron chi connectivity index (χ1n) is 4.64. The highest BCUT2D eigenvalue weighted by atomic mass is 32.2. The van der Waals surface area contributed by atoms with Crippen LogP contribution in [0.15, 0.2) is 24.3 Å². The summed E-state index contributed by atoms with van der Waals surface area (Å²) >= 11 is 1.83. The lowest BCUT2D eigenvalue weighted by molar-refractivity contribution is 0.414. The number of thioether (sulfide) groups is 1. The first kappa shape index (κ1) is 11.4. The van der Waals surface area contributed by atoms with E-state index in [4.69, 9.17) is 10.5 Å². The Bertz CT molecular complexity index is 260. The average Bonchev–Trinajstić information content (AvgIpc) is 2.26. The van der Waals surface area contributed by atoms with Gasteiger partial charge in [-0.25, -0.2) is 0 Å². The van der Waals surface area contributed by atoms with Crippen LogP contribution < -0.4 is 10.5 Å². The number of benzene rings is 1. The molecule has 0 aromatic heterocycles. The third-order valence-corrected chi connectivity index (χ3v) is 2.98. The molecule has 78 valence electrons. The Morgan fingerprint density at radius 1 is 1.36 bits per heavy atom. The predicted molar refractivity (Wildman–Crippen MR) is 63.2 cm³/mol. The predicted octanol–water partition coefficient (Wildman–Crippen LogP) is 2.10. The van der Waals surface area contributed by atoms with E-state index in [1.165, 1.54) is 5.56 Å². The molecule has 1 rings (SSSR count). The van der Waals surface area contributed by atoms with E-state index in [0.29, 0.717) is 12.5 Å². The number of methoxy groups -OCH3 is 1. The molecular formula is C11H17NOS. The van der Waals surface area contributed by atoms with Crippen LogP contribution in [0.25, 0.3) is 0 Å². The highest BCUT2D eigenvalue weighted by Crippen LogP contribution is 2.21. The fraction of sp³-hybridized carbons (Fsp3) is 0.455. The second kappa shape index (κ2) is 5.94. The van der Waals surface area contributed by atoms with Crippen LogP contribution in [-0.2, 0) is 0 Å². The van der Waals surface area contributed by atoms with Crippen LogP contribution >= 0.6 is 11.8 Å². The minimum atomic E-state index is 0.455. The van der Waals surface area contributed by atoms with Crippen molar-refractivity contribution in [2.75, 3.05) is 25.7 Å². The fourth-order valence-electron chi connectivity index (χ4n) is 1.38.